The van der Waals surface area contributed by atoms with Crippen LogP contribution in [0.1, 0.15) is 25.0 Å². The van der Waals surface area contributed by atoms with Gasteiger partial charge in [0.2, 0.25) is 0 Å². The zero-order valence-corrected chi connectivity index (χ0v) is 12.3. The maximum absolute atomic E-state index is 12.1. The second-order valence-electron chi connectivity index (χ2n) is 5.91. The zero-order valence-electron chi connectivity index (χ0n) is 11.6. The number of nitrogens with zero attached hydrogens (tertiary/aromatic N) is 1. The average molecular weight is 286 g/mol. The van der Waals surface area contributed by atoms with Crippen LogP contribution in [0.3, 0.4) is 0 Å². The second-order valence-corrected chi connectivity index (χ2v) is 6.34. The minimum absolute atomic E-state index is 0.0193. The van der Waals surface area contributed by atoms with Gasteiger partial charge in [0.15, 0.2) is 0 Å². The maximum Gasteiger partial charge on any atom is 0.255 e. The van der Waals surface area contributed by atoms with Crippen molar-refractivity contribution in [3.63, 3.8) is 0 Å². The van der Waals surface area contributed by atoms with Gasteiger partial charge in [-0.05, 0) is 35.6 Å². The Morgan fingerprint density at radius 1 is 1.20 bits per heavy atom. The van der Waals surface area contributed by atoms with Crippen LogP contribution in [-0.4, -0.2) is 4.57 Å². The molecule has 2 nitrogen and oxygen atoms in total. The SMILES string of the molecule is CC1(C)C=C(n2ccccc2=O)c2cc(Cl)ccc2C1. The molecule has 0 amide bonds. The summed E-state index contributed by atoms with van der Waals surface area (Å²) in [7, 11) is 0. The molecule has 2 aromatic rings. The monoisotopic (exact) mass is 285 g/mol. The van der Waals surface area contributed by atoms with Crippen molar-refractivity contribution in [3.05, 3.63) is 75.2 Å². The van der Waals surface area contributed by atoms with Gasteiger partial charge in [0.25, 0.3) is 5.56 Å². The first kappa shape index (κ1) is 13.2. The van der Waals surface area contributed by atoms with Crippen LogP contribution in [0.2, 0.25) is 5.02 Å². The van der Waals surface area contributed by atoms with E-state index in [2.05, 4.69) is 26.0 Å². The summed E-state index contributed by atoms with van der Waals surface area (Å²) in [5, 5.41) is 0.693. The lowest BCUT2D eigenvalue weighted by atomic mass is 9.78. The normalized spacial score (nSPS) is 16.4. The highest BCUT2D eigenvalue weighted by Gasteiger charge is 2.26. The van der Waals surface area contributed by atoms with E-state index in [1.165, 1.54) is 5.56 Å². The highest BCUT2D eigenvalue weighted by Crippen LogP contribution is 2.37. The molecule has 3 rings (SSSR count). The average Bonchev–Trinajstić information content (AvgIpc) is 2.38. The third-order valence-corrected chi connectivity index (χ3v) is 3.84. The number of rotatable bonds is 1. The molecule has 0 saturated carbocycles. The van der Waals surface area contributed by atoms with Gasteiger partial charge in [0, 0.05) is 22.8 Å². The molecule has 1 aliphatic carbocycles. The summed E-state index contributed by atoms with van der Waals surface area (Å²) in [6.07, 6.45) is 4.91. The summed E-state index contributed by atoms with van der Waals surface area (Å²) < 4.78 is 1.69. The largest absolute Gasteiger partial charge is 0.284 e. The highest BCUT2D eigenvalue weighted by molar-refractivity contribution is 6.30. The standard InChI is InChI=1S/C17H16ClNO/c1-17(2)10-12-6-7-13(18)9-14(12)15(11-17)19-8-4-3-5-16(19)20/h3-9,11H,10H2,1-2H3. The van der Waals surface area contributed by atoms with Gasteiger partial charge in [-0.3, -0.25) is 9.36 Å². The van der Waals surface area contributed by atoms with E-state index in [4.69, 9.17) is 11.6 Å². The summed E-state index contributed by atoms with van der Waals surface area (Å²) in [5.41, 5.74) is 3.19. The van der Waals surface area contributed by atoms with Gasteiger partial charge in [-0.2, -0.15) is 0 Å². The molecule has 20 heavy (non-hydrogen) atoms. The minimum Gasteiger partial charge on any atom is -0.284 e. The Morgan fingerprint density at radius 3 is 2.75 bits per heavy atom. The molecule has 1 aromatic carbocycles. The van der Waals surface area contributed by atoms with E-state index < -0.39 is 0 Å². The number of allylic oxidation sites excluding steroid dienone is 1. The summed E-state index contributed by atoms with van der Waals surface area (Å²) in [5.74, 6) is 0. The molecule has 0 unspecified atom stereocenters. The van der Waals surface area contributed by atoms with Crippen molar-refractivity contribution in [2.75, 3.05) is 0 Å². The van der Waals surface area contributed by atoms with Crippen LogP contribution >= 0.6 is 11.6 Å². The second kappa shape index (κ2) is 4.64. The van der Waals surface area contributed by atoms with Crippen LogP contribution in [0, 0.1) is 5.41 Å². The number of hydrogen-bond donors (Lipinski definition) is 0. The van der Waals surface area contributed by atoms with E-state index in [1.807, 2.05) is 18.2 Å². The number of fused-ring (bicyclic) bond motifs is 1. The number of aromatic nitrogens is 1. The fourth-order valence-electron chi connectivity index (χ4n) is 2.76. The molecular weight excluding hydrogens is 270 g/mol. The topological polar surface area (TPSA) is 22.0 Å². The Labute approximate surface area is 123 Å². The first-order valence-electron chi connectivity index (χ1n) is 6.66. The van der Waals surface area contributed by atoms with Gasteiger partial charge in [-0.15, -0.1) is 0 Å². The molecule has 0 aliphatic heterocycles. The van der Waals surface area contributed by atoms with Crippen molar-refractivity contribution in [2.45, 2.75) is 20.3 Å². The van der Waals surface area contributed by atoms with Gasteiger partial charge in [0.1, 0.15) is 0 Å². The summed E-state index contributed by atoms with van der Waals surface area (Å²) in [6, 6.07) is 11.1. The molecule has 102 valence electrons. The van der Waals surface area contributed by atoms with E-state index in [1.54, 1.807) is 22.9 Å². The Bertz CT molecular complexity index is 756. The van der Waals surface area contributed by atoms with Gasteiger partial charge >= 0.3 is 0 Å². The molecule has 0 N–H and O–H groups in total. The first-order valence-corrected chi connectivity index (χ1v) is 7.04. The fourth-order valence-corrected chi connectivity index (χ4v) is 2.93. The van der Waals surface area contributed by atoms with E-state index in [0.717, 1.165) is 17.7 Å². The summed E-state index contributed by atoms with van der Waals surface area (Å²) in [6.45, 7) is 4.36. The molecule has 1 heterocycles. The van der Waals surface area contributed by atoms with Crippen LogP contribution in [0.4, 0.5) is 0 Å². The quantitative estimate of drug-likeness (QED) is 0.777. The van der Waals surface area contributed by atoms with E-state index in [9.17, 15) is 4.79 Å². The fraction of sp³-hybridized carbons (Fsp3) is 0.235. The molecule has 0 fully saturated rings. The van der Waals surface area contributed by atoms with Crippen molar-refractivity contribution < 1.29 is 0 Å². The van der Waals surface area contributed by atoms with Crippen molar-refractivity contribution in [3.8, 4) is 0 Å². The van der Waals surface area contributed by atoms with Crippen LogP contribution < -0.4 is 5.56 Å². The van der Waals surface area contributed by atoms with E-state index in [0.29, 0.717) is 5.02 Å². The maximum atomic E-state index is 12.1. The summed E-state index contributed by atoms with van der Waals surface area (Å²) >= 11 is 6.13. The number of benzene rings is 1. The van der Waals surface area contributed by atoms with Gasteiger partial charge in [-0.25, -0.2) is 0 Å². The van der Waals surface area contributed by atoms with E-state index in [-0.39, 0.29) is 11.0 Å². The van der Waals surface area contributed by atoms with Gasteiger partial charge in [0.05, 0.1) is 5.70 Å². The van der Waals surface area contributed by atoms with E-state index >= 15 is 0 Å². The molecule has 0 bridgehead atoms. The first-order chi connectivity index (χ1) is 9.46. The third kappa shape index (κ3) is 2.32. The Balaban J connectivity index is 2.28. The highest BCUT2D eigenvalue weighted by atomic mass is 35.5. The lowest BCUT2D eigenvalue weighted by Gasteiger charge is -2.30. The third-order valence-electron chi connectivity index (χ3n) is 3.60. The van der Waals surface area contributed by atoms with Crippen molar-refractivity contribution >= 4 is 17.3 Å². The molecule has 0 spiro atoms. The van der Waals surface area contributed by atoms with Gasteiger partial charge < -0.3 is 0 Å². The van der Waals surface area contributed by atoms with Crippen LogP contribution in [0.5, 0.6) is 0 Å². The number of pyridine rings is 1. The van der Waals surface area contributed by atoms with Crippen LogP contribution in [0.25, 0.3) is 5.70 Å². The number of halogens is 1. The van der Waals surface area contributed by atoms with Crippen molar-refractivity contribution in [2.24, 2.45) is 5.41 Å². The predicted molar refractivity (Wildman–Crippen MR) is 83.0 cm³/mol. The van der Waals surface area contributed by atoms with Crippen LogP contribution in [0.15, 0.2) is 53.5 Å². The Hall–Kier alpha value is -1.80. The lowest BCUT2D eigenvalue weighted by Crippen LogP contribution is -2.25. The Kier molecular flexibility index (Phi) is 3.06. The molecule has 1 aromatic heterocycles. The van der Waals surface area contributed by atoms with Gasteiger partial charge in [-0.1, -0.05) is 43.7 Å². The molecule has 1 aliphatic rings. The molecular formula is C17H16ClNO. The predicted octanol–water partition coefficient (Wildman–Crippen LogP) is 3.97. The van der Waals surface area contributed by atoms with Crippen molar-refractivity contribution in [1.82, 2.24) is 4.57 Å². The minimum atomic E-state index is -0.0256. The van der Waals surface area contributed by atoms with Crippen LogP contribution in [-0.2, 0) is 6.42 Å². The molecule has 0 saturated heterocycles. The smallest absolute Gasteiger partial charge is 0.255 e. The summed E-state index contributed by atoms with van der Waals surface area (Å²) in [4.78, 5) is 12.1. The Morgan fingerprint density at radius 2 is 2.00 bits per heavy atom. The molecule has 0 atom stereocenters. The number of hydrogen-bond acceptors (Lipinski definition) is 1. The van der Waals surface area contributed by atoms with Crippen molar-refractivity contribution in [1.29, 1.82) is 0 Å². The zero-order chi connectivity index (χ0) is 14.3. The molecule has 3 heteroatoms. The lowest BCUT2D eigenvalue weighted by molar-refractivity contribution is 0.470. The molecule has 0 radical (unpaired) electrons.